The summed E-state index contributed by atoms with van der Waals surface area (Å²) in [5.74, 6) is 0. The van der Waals surface area contributed by atoms with Crippen LogP contribution in [0, 0.1) is 5.41 Å². The van der Waals surface area contributed by atoms with Crippen molar-refractivity contribution in [1.29, 1.82) is 0 Å². The summed E-state index contributed by atoms with van der Waals surface area (Å²) in [7, 11) is 0. The molecule has 0 spiro atoms. The molecule has 1 nitrogen and oxygen atoms in total. The Hall–Kier alpha value is -0.300. The summed E-state index contributed by atoms with van der Waals surface area (Å²) in [6.45, 7) is 10.4. The zero-order chi connectivity index (χ0) is 10.1. The number of hydrogen-bond donors (Lipinski definition) is 1. The minimum atomic E-state index is -0.576. The Morgan fingerprint density at radius 1 is 1.15 bits per heavy atom. The third-order valence-corrected chi connectivity index (χ3v) is 3.45. The Labute approximate surface area is 81.9 Å². The van der Waals surface area contributed by atoms with Crippen LogP contribution in [0.5, 0.6) is 0 Å². The lowest BCUT2D eigenvalue weighted by molar-refractivity contribution is 0.0596. The van der Waals surface area contributed by atoms with Crippen LogP contribution in [0.2, 0.25) is 0 Å². The fourth-order valence-corrected chi connectivity index (χ4v) is 2.08. The Morgan fingerprint density at radius 3 is 2.31 bits per heavy atom. The van der Waals surface area contributed by atoms with Crippen LogP contribution in [0.3, 0.4) is 0 Å². The van der Waals surface area contributed by atoms with Crippen molar-refractivity contribution < 1.29 is 5.11 Å². The van der Waals surface area contributed by atoms with Crippen LogP contribution in [0.25, 0.3) is 0 Å². The van der Waals surface area contributed by atoms with Crippen molar-refractivity contribution in [3.05, 3.63) is 12.2 Å². The molecule has 1 atom stereocenters. The van der Waals surface area contributed by atoms with E-state index in [1.165, 1.54) is 6.42 Å². The first-order valence-corrected chi connectivity index (χ1v) is 5.24. The topological polar surface area (TPSA) is 20.2 Å². The molecular weight excluding hydrogens is 160 g/mol. The third kappa shape index (κ3) is 2.57. The average Bonchev–Trinajstić information content (AvgIpc) is 2.12. The van der Waals surface area contributed by atoms with E-state index in [9.17, 15) is 5.11 Å². The van der Waals surface area contributed by atoms with Crippen molar-refractivity contribution >= 4 is 0 Å². The second-order valence-corrected chi connectivity index (χ2v) is 5.33. The number of hydrogen-bond acceptors (Lipinski definition) is 1. The van der Waals surface area contributed by atoms with Gasteiger partial charge in [0, 0.05) is 0 Å². The van der Waals surface area contributed by atoms with Gasteiger partial charge >= 0.3 is 0 Å². The number of aliphatic hydroxyl groups is 1. The molecule has 0 radical (unpaired) electrons. The molecule has 0 heterocycles. The Kier molecular flexibility index (Phi) is 2.86. The number of rotatable bonds is 1. The minimum Gasteiger partial charge on any atom is -0.386 e. The van der Waals surface area contributed by atoms with Crippen LogP contribution >= 0.6 is 0 Å². The maximum atomic E-state index is 10.3. The summed E-state index contributed by atoms with van der Waals surface area (Å²) in [4.78, 5) is 0. The van der Waals surface area contributed by atoms with Crippen LogP contribution in [0.4, 0.5) is 0 Å². The second-order valence-electron chi connectivity index (χ2n) is 5.33. The molecule has 0 saturated heterocycles. The lowest BCUT2D eigenvalue weighted by Gasteiger charge is -2.28. The van der Waals surface area contributed by atoms with Gasteiger partial charge in [-0.3, -0.25) is 0 Å². The van der Waals surface area contributed by atoms with E-state index in [0.717, 1.165) is 31.3 Å². The third-order valence-electron chi connectivity index (χ3n) is 3.45. The predicted molar refractivity (Wildman–Crippen MR) is 56.6 cm³/mol. The molecule has 1 fully saturated rings. The van der Waals surface area contributed by atoms with E-state index in [1.807, 2.05) is 6.92 Å². The van der Waals surface area contributed by atoms with Crippen LogP contribution in [-0.4, -0.2) is 10.7 Å². The highest BCUT2D eigenvalue weighted by Crippen LogP contribution is 2.40. The second kappa shape index (κ2) is 3.45. The smallest absolute Gasteiger partial charge is 0.0851 e. The zero-order valence-electron chi connectivity index (χ0n) is 9.19. The van der Waals surface area contributed by atoms with Gasteiger partial charge in [-0.1, -0.05) is 20.4 Å². The lowest BCUT2D eigenvalue weighted by atomic mass is 9.83. The van der Waals surface area contributed by atoms with Gasteiger partial charge < -0.3 is 5.11 Å². The van der Waals surface area contributed by atoms with Crippen molar-refractivity contribution in [2.24, 2.45) is 5.41 Å². The summed E-state index contributed by atoms with van der Waals surface area (Å²) in [6, 6.07) is 0. The van der Waals surface area contributed by atoms with Gasteiger partial charge in [-0.2, -0.15) is 0 Å². The maximum Gasteiger partial charge on any atom is 0.0851 e. The first-order valence-electron chi connectivity index (χ1n) is 5.24. The quantitative estimate of drug-likeness (QED) is 0.487. The molecule has 1 rings (SSSR count). The molecule has 1 saturated carbocycles. The van der Waals surface area contributed by atoms with E-state index in [2.05, 4.69) is 20.4 Å². The van der Waals surface area contributed by atoms with Crippen molar-refractivity contribution in [2.45, 2.75) is 58.5 Å². The SMILES string of the molecule is C=C(C)C1(O)CCCC(C)(C)CC1. The highest BCUT2D eigenvalue weighted by molar-refractivity contribution is 5.10. The summed E-state index contributed by atoms with van der Waals surface area (Å²) < 4.78 is 0. The van der Waals surface area contributed by atoms with Gasteiger partial charge in [0.25, 0.3) is 0 Å². The van der Waals surface area contributed by atoms with Crippen molar-refractivity contribution in [3.8, 4) is 0 Å². The van der Waals surface area contributed by atoms with E-state index < -0.39 is 5.60 Å². The highest BCUT2D eigenvalue weighted by Gasteiger charge is 2.34. The van der Waals surface area contributed by atoms with Crippen LogP contribution in [0.1, 0.15) is 52.9 Å². The fourth-order valence-electron chi connectivity index (χ4n) is 2.08. The molecule has 1 aliphatic rings. The molecule has 0 aliphatic heterocycles. The van der Waals surface area contributed by atoms with E-state index in [1.54, 1.807) is 0 Å². The van der Waals surface area contributed by atoms with E-state index in [-0.39, 0.29) is 0 Å². The fraction of sp³-hybridized carbons (Fsp3) is 0.833. The highest BCUT2D eigenvalue weighted by atomic mass is 16.3. The Bertz CT molecular complexity index is 205. The molecule has 0 aromatic rings. The summed E-state index contributed by atoms with van der Waals surface area (Å²) in [5.41, 5.74) is 0.762. The molecule has 1 N–H and O–H groups in total. The van der Waals surface area contributed by atoms with Gasteiger partial charge in [0.05, 0.1) is 5.60 Å². The van der Waals surface area contributed by atoms with Gasteiger partial charge in [-0.25, -0.2) is 0 Å². The normalized spacial score (nSPS) is 33.8. The van der Waals surface area contributed by atoms with Crippen LogP contribution in [0.15, 0.2) is 12.2 Å². The van der Waals surface area contributed by atoms with Gasteiger partial charge in [0.15, 0.2) is 0 Å². The van der Waals surface area contributed by atoms with E-state index in [0.29, 0.717) is 5.41 Å². The van der Waals surface area contributed by atoms with E-state index >= 15 is 0 Å². The van der Waals surface area contributed by atoms with E-state index in [4.69, 9.17) is 0 Å². The Morgan fingerprint density at radius 2 is 1.77 bits per heavy atom. The first-order chi connectivity index (χ1) is 5.86. The molecule has 0 bridgehead atoms. The standard InChI is InChI=1S/C12H22O/c1-10(2)12(13)7-5-6-11(3,4)8-9-12/h13H,1,5-9H2,2-4H3. The molecule has 1 heteroatoms. The summed E-state index contributed by atoms with van der Waals surface area (Å²) in [6.07, 6.45) is 5.23. The summed E-state index contributed by atoms with van der Waals surface area (Å²) in [5, 5.41) is 10.3. The molecule has 0 aromatic carbocycles. The molecular formula is C12H22O. The minimum absolute atomic E-state index is 0.403. The molecule has 0 amide bonds. The van der Waals surface area contributed by atoms with Gasteiger partial charge in [-0.05, 0) is 50.0 Å². The zero-order valence-corrected chi connectivity index (χ0v) is 9.19. The Balaban J connectivity index is 2.69. The van der Waals surface area contributed by atoms with Gasteiger partial charge in [0.2, 0.25) is 0 Å². The molecule has 1 unspecified atom stereocenters. The average molecular weight is 182 g/mol. The molecule has 1 aliphatic carbocycles. The van der Waals surface area contributed by atoms with Crippen molar-refractivity contribution in [2.75, 3.05) is 0 Å². The summed E-state index contributed by atoms with van der Waals surface area (Å²) >= 11 is 0. The first kappa shape index (κ1) is 10.8. The van der Waals surface area contributed by atoms with Crippen molar-refractivity contribution in [1.82, 2.24) is 0 Å². The van der Waals surface area contributed by atoms with Crippen LogP contribution < -0.4 is 0 Å². The van der Waals surface area contributed by atoms with Crippen molar-refractivity contribution in [3.63, 3.8) is 0 Å². The van der Waals surface area contributed by atoms with Gasteiger partial charge in [0.1, 0.15) is 0 Å². The largest absolute Gasteiger partial charge is 0.386 e. The molecule has 0 aromatic heterocycles. The predicted octanol–water partition coefficient (Wildman–Crippen LogP) is 3.28. The molecule has 76 valence electrons. The van der Waals surface area contributed by atoms with Gasteiger partial charge in [-0.15, -0.1) is 0 Å². The van der Waals surface area contributed by atoms with Crippen LogP contribution in [-0.2, 0) is 0 Å². The maximum absolute atomic E-state index is 10.3. The monoisotopic (exact) mass is 182 g/mol. The molecule has 13 heavy (non-hydrogen) atoms. The lowest BCUT2D eigenvalue weighted by Crippen LogP contribution is -2.29.